The summed E-state index contributed by atoms with van der Waals surface area (Å²) in [5.41, 5.74) is 1.05. The van der Waals surface area contributed by atoms with Crippen molar-refractivity contribution in [1.29, 1.82) is 0 Å². The minimum absolute atomic E-state index is 0.264. The van der Waals surface area contributed by atoms with Gasteiger partial charge in [-0.2, -0.15) is 5.10 Å². The molecule has 0 unspecified atom stereocenters. The minimum Gasteiger partial charge on any atom is -0.465 e. The van der Waals surface area contributed by atoms with Crippen LogP contribution in [0, 0.1) is 6.92 Å². The Morgan fingerprint density at radius 3 is 3.07 bits per heavy atom. The van der Waals surface area contributed by atoms with Crippen molar-refractivity contribution in [2.24, 2.45) is 0 Å². The van der Waals surface area contributed by atoms with Crippen LogP contribution in [0.1, 0.15) is 16.2 Å². The maximum atomic E-state index is 11.5. The van der Waals surface area contributed by atoms with Crippen LogP contribution in [0.25, 0.3) is 0 Å². The maximum absolute atomic E-state index is 11.5. The van der Waals surface area contributed by atoms with Crippen molar-refractivity contribution in [1.82, 2.24) is 15.1 Å². The Morgan fingerprint density at radius 1 is 1.67 bits per heavy atom. The van der Waals surface area contributed by atoms with Gasteiger partial charge in [-0.25, -0.2) is 4.79 Å². The lowest BCUT2D eigenvalue weighted by Gasteiger charge is -2.14. The topological polar surface area (TPSA) is 96.2 Å². The maximum Gasteiger partial charge on any atom is 0.409 e. The van der Waals surface area contributed by atoms with Crippen LogP contribution >= 0.6 is 0 Å². The molecule has 1 aliphatic rings. The molecule has 0 aromatic carbocycles. The van der Waals surface area contributed by atoms with E-state index in [4.69, 9.17) is 5.11 Å². The fourth-order valence-electron chi connectivity index (χ4n) is 1.59. The number of rotatable bonds is 1. The molecule has 2 amide bonds. The van der Waals surface area contributed by atoms with E-state index in [2.05, 4.69) is 15.7 Å². The van der Waals surface area contributed by atoms with Crippen molar-refractivity contribution in [3.05, 3.63) is 11.4 Å². The number of nitrogens with one attached hydrogen (secondary N) is 2. The summed E-state index contributed by atoms with van der Waals surface area (Å²) in [5, 5.41) is 17.5. The molecular formula is C8H10N4O3. The van der Waals surface area contributed by atoms with E-state index in [9.17, 15) is 9.59 Å². The molecule has 0 atom stereocenters. The summed E-state index contributed by atoms with van der Waals surface area (Å²) in [6, 6.07) is 0. The largest absolute Gasteiger partial charge is 0.465 e. The lowest BCUT2D eigenvalue weighted by Crippen LogP contribution is -2.36. The van der Waals surface area contributed by atoms with Gasteiger partial charge in [0, 0.05) is 6.54 Å². The molecule has 7 heteroatoms. The molecule has 1 aromatic heterocycles. The van der Waals surface area contributed by atoms with E-state index in [1.54, 1.807) is 6.92 Å². The highest BCUT2D eigenvalue weighted by atomic mass is 16.4. The summed E-state index contributed by atoms with van der Waals surface area (Å²) < 4.78 is 1.51. The molecule has 1 aromatic rings. The Bertz CT molecular complexity index is 437. The van der Waals surface area contributed by atoms with Crippen molar-refractivity contribution in [2.45, 2.75) is 13.5 Å². The van der Waals surface area contributed by atoms with Crippen molar-refractivity contribution < 1.29 is 14.7 Å². The second-order valence-corrected chi connectivity index (χ2v) is 3.22. The van der Waals surface area contributed by atoms with Gasteiger partial charge in [-0.3, -0.25) is 14.8 Å². The first-order valence-corrected chi connectivity index (χ1v) is 4.45. The molecule has 0 saturated carbocycles. The lowest BCUT2D eigenvalue weighted by atomic mass is 10.2. The van der Waals surface area contributed by atoms with Gasteiger partial charge >= 0.3 is 6.09 Å². The molecular weight excluding hydrogens is 200 g/mol. The first kappa shape index (κ1) is 9.50. The predicted molar refractivity (Wildman–Crippen MR) is 50.9 cm³/mol. The van der Waals surface area contributed by atoms with Gasteiger partial charge in [0.25, 0.3) is 5.91 Å². The molecule has 0 saturated heterocycles. The Balaban J connectivity index is 2.49. The van der Waals surface area contributed by atoms with Crippen molar-refractivity contribution in [2.75, 3.05) is 11.9 Å². The van der Waals surface area contributed by atoms with E-state index in [0.717, 1.165) is 0 Å². The Hall–Kier alpha value is -2.05. The number of aromatic nitrogens is 2. The Morgan fingerprint density at radius 2 is 2.40 bits per heavy atom. The van der Waals surface area contributed by atoms with Crippen LogP contribution in [0.15, 0.2) is 0 Å². The van der Waals surface area contributed by atoms with Crippen molar-refractivity contribution >= 4 is 17.7 Å². The van der Waals surface area contributed by atoms with Crippen LogP contribution in [0.4, 0.5) is 10.5 Å². The van der Waals surface area contributed by atoms with Gasteiger partial charge in [0.2, 0.25) is 0 Å². The number of hydrogen-bond donors (Lipinski definition) is 3. The fraction of sp³-hybridized carbons (Fsp3) is 0.375. The smallest absolute Gasteiger partial charge is 0.409 e. The number of aryl methyl sites for hydroxylation is 1. The van der Waals surface area contributed by atoms with Gasteiger partial charge < -0.3 is 10.4 Å². The molecule has 15 heavy (non-hydrogen) atoms. The third-order valence-electron chi connectivity index (χ3n) is 2.18. The molecule has 1 aliphatic heterocycles. The van der Waals surface area contributed by atoms with Crippen LogP contribution in [-0.2, 0) is 6.54 Å². The van der Waals surface area contributed by atoms with Gasteiger partial charge in [0.15, 0.2) is 0 Å². The van der Waals surface area contributed by atoms with Crippen LogP contribution in [0.2, 0.25) is 0 Å². The number of carbonyl (C=O) groups is 2. The Kier molecular flexibility index (Phi) is 2.07. The first-order valence-electron chi connectivity index (χ1n) is 4.45. The van der Waals surface area contributed by atoms with Gasteiger partial charge in [-0.1, -0.05) is 0 Å². The molecule has 80 valence electrons. The molecule has 0 spiro atoms. The zero-order chi connectivity index (χ0) is 11.0. The molecule has 0 aliphatic carbocycles. The number of amides is 2. The van der Waals surface area contributed by atoms with E-state index < -0.39 is 6.09 Å². The molecule has 3 N–H and O–H groups in total. The molecule has 0 bridgehead atoms. The second-order valence-electron chi connectivity index (χ2n) is 3.22. The van der Waals surface area contributed by atoms with E-state index in [1.165, 1.54) is 4.68 Å². The third-order valence-corrected chi connectivity index (χ3v) is 2.18. The molecule has 2 heterocycles. The van der Waals surface area contributed by atoms with E-state index in [1.807, 2.05) is 0 Å². The van der Waals surface area contributed by atoms with E-state index in [0.29, 0.717) is 18.8 Å². The number of anilines is 1. The van der Waals surface area contributed by atoms with Gasteiger partial charge in [-0.05, 0) is 6.92 Å². The summed E-state index contributed by atoms with van der Waals surface area (Å²) in [6.07, 6.45) is -1.20. The molecule has 0 radical (unpaired) electrons. The monoisotopic (exact) mass is 210 g/mol. The standard InChI is InChI=1S/C8H10N4O3/c1-4-5(10-8(14)15)6-7(13)9-2-3-12(6)11-4/h10H,2-3H2,1H3,(H,9,13)(H,14,15). The summed E-state index contributed by atoms with van der Waals surface area (Å²) >= 11 is 0. The lowest BCUT2D eigenvalue weighted by molar-refractivity contribution is 0.0925. The van der Waals surface area contributed by atoms with Crippen LogP contribution in [-0.4, -0.2) is 33.4 Å². The number of hydrogen-bond acceptors (Lipinski definition) is 3. The number of nitrogens with zero attached hydrogens (tertiary/aromatic N) is 2. The van der Waals surface area contributed by atoms with Crippen LogP contribution in [0.3, 0.4) is 0 Å². The second kappa shape index (κ2) is 3.26. The number of fused-ring (bicyclic) bond motifs is 1. The number of carbonyl (C=O) groups excluding carboxylic acids is 1. The Labute approximate surface area is 85.1 Å². The summed E-state index contributed by atoms with van der Waals surface area (Å²) in [7, 11) is 0. The molecule has 0 fully saturated rings. The quantitative estimate of drug-likeness (QED) is 0.609. The zero-order valence-electron chi connectivity index (χ0n) is 8.07. The summed E-state index contributed by atoms with van der Waals surface area (Å²) in [6.45, 7) is 2.73. The average molecular weight is 210 g/mol. The fourth-order valence-corrected chi connectivity index (χ4v) is 1.59. The number of carboxylic acid groups (broad SMARTS) is 1. The summed E-state index contributed by atoms with van der Waals surface area (Å²) in [4.78, 5) is 22.0. The van der Waals surface area contributed by atoms with Gasteiger partial charge in [0.1, 0.15) is 5.69 Å². The van der Waals surface area contributed by atoms with Gasteiger partial charge in [0.05, 0.1) is 17.9 Å². The average Bonchev–Trinajstić information content (AvgIpc) is 2.43. The van der Waals surface area contributed by atoms with Crippen LogP contribution < -0.4 is 10.6 Å². The first-order chi connectivity index (χ1) is 7.09. The van der Waals surface area contributed by atoms with Crippen molar-refractivity contribution in [3.63, 3.8) is 0 Å². The molecule has 7 nitrogen and oxygen atoms in total. The zero-order valence-corrected chi connectivity index (χ0v) is 8.07. The van der Waals surface area contributed by atoms with E-state index >= 15 is 0 Å². The van der Waals surface area contributed by atoms with E-state index in [-0.39, 0.29) is 17.3 Å². The van der Waals surface area contributed by atoms with Crippen molar-refractivity contribution in [3.8, 4) is 0 Å². The SMILES string of the molecule is Cc1nn2c(c1NC(=O)O)C(=O)NCC2. The summed E-state index contributed by atoms with van der Waals surface area (Å²) in [5.74, 6) is -0.300. The third kappa shape index (κ3) is 1.51. The minimum atomic E-state index is -1.20. The van der Waals surface area contributed by atoms with Gasteiger partial charge in [-0.15, -0.1) is 0 Å². The van der Waals surface area contributed by atoms with Crippen LogP contribution in [0.5, 0.6) is 0 Å². The highest BCUT2D eigenvalue weighted by Crippen LogP contribution is 2.21. The predicted octanol–water partition coefficient (Wildman–Crippen LogP) is 0.0248. The highest BCUT2D eigenvalue weighted by Gasteiger charge is 2.25. The normalized spacial score (nSPS) is 14.3. The molecule has 2 rings (SSSR count). The highest BCUT2D eigenvalue weighted by molar-refractivity contribution is 6.02.